The Morgan fingerprint density at radius 3 is 2.45 bits per heavy atom. The molecular weight excluding hydrogens is 276 g/mol. The maximum Gasteiger partial charge on any atom is 0.234 e. The van der Waals surface area contributed by atoms with Crippen molar-refractivity contribution < 1.29 is 13.2 Å². The highest BCUT2D eigenvalue weighted by Gasteiger charge is 2.20. The van der Waals surface area contributed by atoms with Gasteiger partial charge in [-0.3, -0.25) is 4.79 Å². The predicted octanol–water partition coefficient (Wildman–Crippen LogP) is 0.706. The smallest absolute Gasteiger partial charge is 0.234 e. The number of amides is 1. The number of hydrogen-bond donors (Lipinski definition) is 2. The highest BCUT2D eigenvalue weighted by atomic mass is 32.2. The molecule has 6 heteroatoms. The van der Waals surface area contributed by atoms with Gasteiger partial charge in [0.05, 0.1) is 11.4 Å². The Morgan fingerprint density at radius 1 is 1.25 bits per heavy atom. The largest absolute Gasteiger partial charge is 0.351 e. The third-order valence-electron chi connectivity index (χ3n) is 3.26. The Kier molecular flexibility index (Phi) is 4.77. The summed E-state index contributed by atoms with van der Waals surface area (Å²) in [6.45, 7) is 1.66. The van der Waals surface area contributed by atoms with Gasteiger partial charge in [0.15, 0.2) is 9.84 Å². The van der Waals surface area contributed by atoms with E-state index in [2.05, 4.69) is 10.6 Å². The maximum atomic E-state index is 11.6. The lowest BCUT2D eigenvalue weighted by Gasteiger charge is -2.07. The van der Waals surface area contributed by atoms with Crippen LogP contribution in [0.1, 0.15) is 18.4 Å². The van der Waals surface area contributed by atoms with Gasteiger partial charge in [-0.1, -0.05) is 12.1 Å². The van der Waals surface area contributed by atoms with Crippen molar-refractivity contribution in [1.29, 1.82) is 0 Å². The molecule has 0 spiro atoms. The van der Waals surface area contributed by atoms with Gasteiger partial charge >= 0.3 is 0 Å². The lowest BCUT2D eigenvalue weighted by Crippen LogP contribution is -2.34. The Labute approximate surface area is 119 Å². The zero-order chi connectivity index (χ0) is 14.6. The molecule has 0 unspecified atom stereocenters. The summed E-state index contributed by atoms with van der Waals surface area (Å²) in [5.74, 6) is 0.712. The van der Waals surface area contributed by atoms with Crippen LogP contribution in [0.25, 0.3) is 0 Å². The quantitative estimate of drug-likeness (QED) is 0.777. The number of sulfone groups is 1. The van der Waals surface area contributed by atoms with Crippen LogP contribution in [0.5, 0.6) is 0 Å². The molecular formula is C14H20N2O3S. The van der Waals surface area contributed by atoms with Crippen molar-refractivity contribution in [2.45, 2.75) is 24.3 Å². The van der Waals surface area contributed by atoms with E-state index in [0.717, 1.165) is 18.0 Å². The van der Waals surface area contributed by atoms with Gasteiger partial charge in [0.2, 0.25) is 5.91 Å². The van der Waals surface area contributed by atoms with Crippen LogP contribution in [0.2, 0.25) is 0 Å². The standard InChI is InChI=1S/C14H20N2O3S/c1-20(18,19)13-6-4-12(5-7-13)9-16-14(17)10-15-8-11-2-3-11/h4-7,11,15H,2-3,8-10H2,1H3,(H,16,17). The van der Waals surface area contributed by atoms with Crippen LogP contribution in [0.3, 0.4) is 0 Å². The van der Waals surface area contributed by atoms with Crippen LogP contribution in [0.15, 0.2) is 29.2 Å². The van der Waals surface area contributed by atoms with E-state index in [4.69, 9.17) is 0 Å². The summed E-state index contributed by atoms with van der Waals surface area (Å²) in [6, 6.07) is 6.55. The summed E-state index contributed by atoms with van der Waals surface area (Å²) >= 11 is 0. The molecule has 1 aliphatic rings. The first-order chi connectivity index (χ1) is 9.45. The molecule has 20 heavy (non-hydrogen) atoms. The second-order valence-corrected chi connectivity index (χ2v) is 7.28. The van der Waals surface area contributed by atoms with Gasteiger partial charge in [-0.25, -0.2) is 8.42 Å². The molecule has 1 amide bonds. The molecule has 0 aliphatic heterocycles. The molecule has 110 valence electrons. The van der Waals surface area contributed by atoms with Gasteiger partial charge in [0, 0.05) is 12.8 Å². The van der Waals surface area contributed by atoms with Crippen molar-refractivity contribution in [3.05, 3.63) is 29.8 Å². The predicted molar refractivity (Wildman–Crippen MR) is 77.0 cm³/mol. The molecule has 2 N–H and O–H groups in total. The van der Waals surface area contributed by atoms with Gasteiger partial charge in [0.25, 0.3) is 0 Å². The third kappa shape index (κ3) is 4.94. The van der Waals surface area contributed by atoms with Crippen LogP contribution in [0.4, 0.5) is 0 Å². The normalized spacial score (nSPS) is 15.1. The van der Waals surface area contributed by atoms with Crippen LogP contribution in [-0.4, -0.2) is 33.7 Å². The zero-order valence-corrected chi connectivity index (χ0v) is 12.4. The van der Waals surface area contributed by atoms with Gasteiger partial charge < -0.3 is 10.6 Å². The summed E-state index contributed by atoms with van der Waals surface area (Å²) in [7, 11) is -3.16. The average Bonchev–Trinajstić information content (AvgIpc) is 3.20. The van der Waals surface area contributed by atoms with Gasteiger partial charge in [-0.15, -0.1) is 0 Å². The van der Waals surface area contributed by atoms with Gasteiger partial charge in [0.1, 0.15) is 0 Å². The van der Waals surface area contributed by atoms with E-state index in [1.807, 2.05) is 0 Å². The summed E-state index contributed by atoms with van der Waals surface area (Å²) in [6.07, 6.45) is 3.71. The Balaban J connectivity index is 1.73. The van der Waals surface area contributed by atoms with Crippen molar-refractivity contribution in [2.75, 3.05) is 19.3 Å². The molecule has 1 saturated carbocycles. The first-order valence-electron chi connectivity index (χ1n) is 6.71. The van der Waals surface area contributed by atoms with E-state index < -0.39 is 9.84 Å². The zero-order valence-electron chi connectivity index (χ0n) is 11.6. The summed E-state index contributed by atoms with van der Waals surface area (Å²) in [5, 5.41) is 5.92. The van der Waals surface area contributed by atoms with E-state index in [9.17, 15) is 13.2 Å². The fraction of sp³-hybridized carbons (Fsp3) is 0.500. The fourth-order valence-corrected chi connectivity index (χ4v) is 2.46. The van der Waals surface area contributed by atoms with E-state index in [1.165, 1.54) is 19.1 Å². The monoisotopic (exact) mass is 296 g/mol. The lowest BCUT2D eigenvalue weighted by molar-refractivity contribution is -0.120. The molecule has 0 radical (unpaired) electrons. The fourth-order valence-electron chi connectivity index (χ4n) is 1.83. The highest BCUT2D eigenvalue weighted by molar-refractivity contribution is 7.90. The van der Waals surface area contributed by atoms with Crippen LogP contribution < -0.4 is 10.6 Å². The van der Waals surface area contributed by atoms with Crippen LogP contribution in [-0.2, 0) is 21.2 Å². The minimum Gasteiger partial charge on any atom is -0.351 e. The van der Waals surface area contributed by atoms with E-state index in [0.29, 0.717) is 18.0 Å². The number of hydrogen-bond acceptors (Lipinski definition) is 4. The Bertz CT molecular complexity index is 563. The van der Waals surface area contributed by atoms with Crippen LogP contribution >= 0.6 is 0 Å². The van der Waals surface area contributed by atoms with E-state index in [-0.39, 0.29) is 5.91 Å². The molecule has 0 bridgehead atoms. The number of nitrogens with one attached hydrogen (secondary N) is 2. The third-order valence-corrected chi connectivity index (χ3v) is 4.39. The molecule has 1 fully saturated rings. The molecule has 2 rings (SSSR count). The van der Waals surface area contributed by atoms with Crippen molar-refractivity contribution in [3.63, 3.8) is 0 Å². The molecule has 0 aromatic heterocycles. The molecule has 1 aromatic rings. The molecule has 1 aromatic carbocycles. The Morgan fingerprint density at radius 2 is 1.90 bits per heavy atom. The second kappa shape index (κ2) is 6.37. The molecule has 1 aliphatic carbocycles. The van der Waals surface area contributed by atoms with Crippen molar-refractivity contribution in [3.8, 4) is 0 Å². The number of carbonyl (C=O) groups is 1. The molecule has 0 atom stereocenters. The second-order valence-electron chi connectivity index (χ2n) is 5.27. The van der Waals surface area contributed by atoms with Crippen molar-refractivity contribution >= 4 is 15.7 Å². The van der Waals surface area contributed by atoms with Crippen molar-refractivity contribution in [1.82, 2.24) is 10.6 Å². The average molecular weight is 296 g/mol. The van der Waals surface area contributed by atoms with E-state index >= 15 is 0 Å². The first kappa shape index (κ1) is 15.0. The SMILES string of the molecule is CS(=O)(=O)c1ccc(CNC(=O)CNCC2CC2)cc1. The Hall–Kier alpha value is -1.40. The van der Waals surface area contributed by atoms with Gasteiger partial charge in [-0.2, -0.15) is 0 Å². The number of benzene rings is 1. The minimum atomic E-state index is -3.16. The van der Waals surface area contributed by atoms with Gasteiger partial charge in [-0.05, 0) is 43.0 Å². The maximum absolute atomic E-state index is 11.6. The molecule has 0 saturated heterocycles. The van der Waals surface area contributed by atoms with Crippen molar-refractivity contribution in [2.24, 2.45) is 5.92 Å². The topological polar surface area (TPSA) is 75.3 Å². The summed E-state index contributed by atoms with van der Waals surface area (Å²) in [5.41, 5.74) is 0.882. The summed E-state index contributed by atoms with van der Waals surface area (Å²) in [4.78, 5) is 11.9. The lowest BCUT2D eigenvalue weighted by atomic mass is 10.2. The molecule has 0 heterocycles. The number of carbonyl (C=O) groups excluding carboxylic acids is 1. The number of rotatable bonds is 7. The highest BCUT2D eigenvalue weighted by Crippen LogP contribution is 2.27. The molecule has 5 nitrogen and oxygen atoms in total. The van der Waals surface area contributed by atoms with Crippen LogP contribution in [0, 0.1) is 5.92 Å². The first-order valence-corrected chi connectivity index (χ1v) is 8.61. The van der Waals surface area contributed by atoms with E-state index in [1.54, 1.807) is 24.3 Å². The summed E-state index contributed by atoms with van der Waals surface area (Å²) < 4.78 is 22.6. The minimum absolute atomic E-state index is 0.0437.